The van der Waals surface area contributed by atoms with Crippen molar-refractivity contribution in [1.82, 2.24) is 15.1 Å². The van der Waals surface area contributed by atoms with Crippen LogP contribution in [0.2, 0.25) is 0 Å². The predicted octanol–water partition coefficient (Wildman–Crippen LogP) is 6.11. The number of nitrogens with zero attached hydrogens (tertiary/aromatic N) is 2. The van der Waals surface area contributed by atoms with Crippen molar-refractivity contribution in [2.45, 2.75) is 63.5 Å². The van der Waals surface area contributed by atoms with Crippen molar-refractivity contribution in [3.05, 3.63) is 95.1 Å². The molecular formula is C34H39N3O3. The number of unbranched alkanes of at least 4 members (excludes halogenated alkanes) is 4. The lowest BCUT2D eigenvalue weighted by atomic mass is 9.87. The largest absolute Gasteiger partial charge is 0.457 e. The maximum absolute atomic E-state index is 13.2. The molecular weight excluding hydrogens is 498 g/mol. The molecule has 6 heteroatoms. The lowest BCUT2D eigenvalue weighted by Gasteiger charge is -2.36. The molecule has 2 amide bonds. The zero-order valence-electron chi connectivity index (χ0n) is 23.2. The Bertz CT molecular complexity index is 1300. The van der Waals surface area contributed by atoms with Crippen molar-refractivity contribution in [2.75, 3.05) is 26.2 Å². The summed E-state index contributed by atoms with van der Waals surface area (Å²) >= 11 is 0. The summed E-state index contributed by atoms with van der Waals surface area (Å²) in [7, 11) is 0. The Morgan fingerprint density at radius 3 is 2.15 bits per heavy atom. The normalized spacial score (nSPS) is 17.2. The number of nitrogens with one attached hydrogen (secondary N) is 1. The first kappa shape index (κ1) is 26.6. The molecule has 0 aromatic heterocycles. The number of rotatable bonds is 10. The van der Waals surface area contributed by atoms with Gasteiger partial charge in [-0.2, -0.15) is 0 Å². The second kappa shape index (κ2) is 12.3. The van der Waals surface area contributed by atoms with Crippen LogP contribution in [0.3, 0.4) is 0 Å². The van der Waals surface area contributed by atoms with Crippen molar-refractivity contribution < 1.29 is 14.3 Å². The molecule has 0 radical (unpaired) electrons. The number of fused-ring (bicyclic) bond motifs is 3. The lowest BCUT2D eigenvalue weighted by molar-refractivity contribution is -0.121. The highest BCUT2D eigenvalue weighted by Gasteiger charge is 2.34. The zero-order valence-corrected chi connectivity index (χ0v) is 23.2. The van der Waals surface area contributed by atoms with Gasteiger partial charge in [0.05, 0.1) is 5.92 Å². The molecule has 3 aliphatic heterocycles. The van der Waals surface area contributed by atoms with Gasteiger partial charge in [0.15, 0.2) is 0 Å². The van der Waals surface area contributed by atoms with E-state index >= 15 is 0 Å². The number of hydrogen-bond acceptors (Lipinski definition) is 4. The van der Waals surface area contributed by atoms with Crippen LogP contribution in [0.4, 0.5) is 0 Å². The van der Waals surface area contributed by atoms with E-state index in [1.807, 2.05) is 66.7 Å². The number of ether oxygens (including phenoxy) is 1. The van der Waals surface area contributed by atoms with Crippen LogP contribution in [0.25, 0.3) is 0 Å². The van der Waals surface area contributed by atoms with Crippen LogP contribution < -0.4 is 10.1 Å². The van der Waals surface area contributed by atoms with Crippen molar-refractivity contribution in [1.29, 1.82) is 0 Å². The van der Waals surface area contributed by atoms with Gasteiger partial charge in [-0.25, -0.2) is 0 Å². The van der Waals surface area contributed by atoms with Gasteiger partial charge in [-0.1, -0.05) is 73.9 Å². The third-order valence-corrected chi connectivity index (χ3v) is 8.74. The Hall–Kier alpha value is -3.64. The number of amides is 2. The van der Waals surface area contributed by atoms with Crippen LogP contribution in [0, 0.1) is 0 Å². The Morgan fingerprint density at radius 1 is 0.800 bits per heavy atom. The second-order valence-electron chi connectivity index (χ2n) is 11.3. The molecule has 3 aromatic rings. The number of benzene rings is 3. The SMILES string of the molecule is O=C(NCCCCCCCN1CCC(N2Cc3ccccc3C2=O)CC1)C1c2ccccc2Oc2ccccc21. The summed E-state index contributed by atoms with van der Waals surface area (Å²) in [6, 6.07) is 24.1. The van der Waals surface area contributed by atoms with E-state index in [4.69, 9.17) is 4.74 Å². The first-order valence-electron chi connectivity index (χ1n) is 14.9. The molecule has 1 fully saturated rings. The van der Waals surface area contributed by atoms with Gasteiger partial charge in [-0.15, -0.1) is 0 Å². The van der Waals surface area contributed by atoms with Gasteiger partial charge in [-0.05, 0) is 56.0 Å². The second-order valence-corrected chi connectivity index (χ2v) is 11.3. The monoisotopic (exact) mass is 537 g/mol. The van der Waals surface area contributed by atoms with E-state index < -0.39 is 0 Å². The summed E-state index contributed by atoms with van der Waals surface area (Å²) in [4.78, 5) is 30.7. The highest BCUT2D eigenvalue weighted by molar-refractivity contribution is 5.98. The van der Waals surface area contributed by atoms with Crippen LogP contribution in [0.1, 0.15) is 77.9 Å². The molecule has 3 aliphatic rings. The Balaban J connectivity index is 0.863. The van der Waals surface area contributed by atoms with Gasteiger partial charge < -0.3 is 19.9 Å². The van der Waals surface area contributed by atoms with Crippen LogP contribution in [0.5, 0.6) is 11.5 Å². The Labute approximate surface area is 237 Å². The minimum atomic E-state index is -0.329. The third-order valence-electron chi connectivity index (χ3n) is 8.74. The van der Waals surface area contributed by atoms with E-state index in [-0.39, 0.29) is 17.7 Å². The van der Waals surface area contributed by atoms with Crippen molar-refractivity contribution in [3.63, 3.8) is 0 Å². The minimum absolute atomic E-state index is 0.0473. The number of piperidine rings is 1. The number of para-hydroxylation sites is 2. The molecule has 0 saturated carbocycles. The first-order valence-corrected chi connectivity index (χ1v) is 14.9. The van der Waals surface area contributed by atoms with E-state index in [0.717, 1.165) is 80.1 Å². The average Bonchev–Trinajstić information content (AvgIpc) is 3.33. The molecule has 0 atom stereocenters. The number of hydrogen-bond donors (Lipinski definition) is 1. The molecule has 208 valence electrons. The molecule has 0 unspecified atom stereocenters. The van der Waals surface area contributed by atoms with Crippen LogP contribution in [-0.4, -0.2) is 53.8 Å². The fraction of sp³-hybridized carbons (Fsp3) is 0.412. The maximum atomic E-state index is 13.2. The Morgan fingerprint density at radius 2 is 1.43 bits per heavy atom. The summed E-state index contributed by atoms with van der Waals surface area (Å²) in [5.74, 6) is 1.46. The molecule has 0 aliphatic carbocycles. The molecule has 6 rings (SSSR count). The lowest BCUT2D eigenvalue weighted by Crippen LogP contribution is -2.45. The molecule has 0 bridgehead atoms. The first-order chi connectivity index (χ1) is 19.7. The third kappa shape index (κ3) is 5.64. The van der Waals surface area contributed by atoms with Crippen molar-refractivity contribution >= 4 is 11.8 Å². The van der Waals surface area contributed by atoms with E-state index in [1.54, 1.807) is 0 Å². The fourth-order valence-corrected chi connectivity index (χ4v) is 6.52. The molecule has 3 heterocycles. The van der Waals surface area contributed by atoms with Gasteiger partial charge in [0.25, 0.3) is 5.91 Å². The summed E-state index contributed by atoms with van der Waals surface area (Å²) < 4.78 is 6.03. The standard InChI is InChI=1S/C34H39N3O3/c38-33(32-28-14-6-8-16-30(28)40-31-17-9-7-15-29(31)32)35-20-10-2-1-3-11-21-36-22-18-26(19-23-36)37-24-25-12-4-5-13-27(25)34(37)39/h4-9,12-17,26,32H,1-3,10-11,18-24H2,(H,35,38). The van der Waals surface area contributed by atoms with E-state index in [0.29, 0.717) is 12.6 Å². The fourth-order valence-electron chi connectivity index (χ4n) is 6.52. The Kier molecular flexibility index (Phi) is 8.14. The zero-order chi connectivity index (χ0) is 27.3. The molecule has 40 heavy (non-hydrogen) atoms. The molecule has 6 nitrogen and oxygen atoms in total. The van der Waals surface area contributed by atoms with Gasteiger partial charge in [0.2, 0.25) is 5.91 Å². The number of carbonyl (C=O) groups excluding carboxylic acids is 2. The number of likely N-dealkylation sites (tertiary alicyclic amines) is 1. The topological polar surface area (TPSA) is 61.9 Å². The summed E-state index contributed by atoms with van der Waals surface area (Å²) in [6.45, 7) is 4.77. The van der Waals surface area contributed by atoms with Crippen LogP contribution in [-0.2, 0) is 11.3 Å². The number of carbonyl (C=O) groups is 2. The van der Waals surface area contributed by atoms with E-state index in [1.165, 1.54) is 24.8 Å². The summed E-state index contributed by atoms with van der Waals surface area (Å²) in [5, 5.41) is 3.18. The van der Waals surface area contributed by atoms with E-state index in [2.05, 4.69) is 21.2 Å². The molecule has 3 aromatic carbocycles. The van der Waals surface area contributed by atoms with Gasteiger partial charge in [0.1, 0.15) is 11.5 Å². The maximum Gasteiger partial charge on any atom is 0.254 e. The van der Waals surface area contributed by atoms with Gasteiger partial charge >= 0.3 is 0 Å². The van der Waals surface area contributed by atoms with Crippen LogP contribution in [0.15, 0.2) is 72.8 Å². The minimum Gasteiger partial charge on any atom is -0.457 e. The van der Waals surface area contributed by atoms with E-state index in [9.17, 15) is 9.59 Å². The predicted molar refractivity (Wildman–Crippen MR) is 157 cm³/mol. The molecule has 1 saturated heterocycles. The van der Waals surface area contributed by atoms with Crippen molar-refractivity contribution in [3.8, 4) is 11.5 Å². The van der Waals surface area contributed by atoms with Crippen LogP contribution >= 0.6 is 0 Å². The smallest absolute Gasteiger partial charge is 0.254 e. The molecule has 0 spiro atoms. The summed E-state index contributed by atoms with van der Waals surface area (Å²) in [6.07, 6.45) is 7.88. The van der Waals surface area contributed by atoms with Gasteiger partial charge in [0, 0.05) is 48.9 Å². The quantitative estimate of drug-likeness (QED) is 0.317. The highest BCUT2D eigenvalue weighted by Crippen LogP contribution is 2.43. The molecule has 1 N–H and O–H groups in total. The van der Waals surface area contributed by atoms with Crippen molar-refractivity contribution in [2.24, 2.45) is 0 Å². The highest BCUT2D eigenvalue weighted by atomic mass is 16.5. The summed E-state index contributed by atoms with van der Waals surface area (Å²) in [5.41, 5.74) is 3.93. The van der Waals surface area contributed by atoms with Gasteiger partial charge in [-0.3, -0.25) is 9.59 Å². The average molecular weight is 538 g/mol.